The Kier molecular flexibility index (Phi) is 6.50. The molecule has 0 aromatic heterocycles. The Hall–Kier alpha value is -3.13. The number of hydrogen-bond donors (Lipinski definition) is 1. The summed E-state index contributed by atoms with van der Waals surface area (Å²) >= 11 is 0. The smallest absolute Gasteiger partial charge is 0.335 e. The lowest BCUT2D eigenvalue weighted by Gasteiger charge is -2.33. The Morgan fingerprint density at radius 1 is 1.19 bits per heavy atom. The standard InChI is InChI=1S/C23H23F3N2O3/c1-15(2)23(25,26)22(30-3)13-20(28-31-22)18-8-4-17(5-9-18)14-27-21(29)12-16-6-10-19(24)11-7-16/h4-11H,1,12-14H2,2-3H3,(H,27,29). The van der Waals surface area contributed by atoms with Gasteiger partial charge in [0.2, 0.25) is 5.91 Å². The molecule has 1 unspecified atom stereocenters. The maximum Gasteiger partial charge on any atom is 0.335 e. The van der Waals surface area contributed by atoms with Crippen LogP contribution in [0.5, 0.6) is 0 Å². The van der Waals surface area contributed by atoms with Gasteiger partial charge in [0, 0.05) is 13.7 Å². The van der Waals surface area contributed by atoms with Gasteiger partial charge in [0.25, 0.3) is 0 Å². The third-order valence-corrected chi connectivity index (χ3v) is 5.10. The first-order valence-electron chi connectivity index (χ1n) is 9.61. The number of carbonyl (C=O) groups is 1. The van der Waals surface area contributed by atoms with E-state index in [0.29, 0.717) is 23.4 Å². The molecule has 0 radical (unpaired) electrons. The number of hydrogen-bond acceptors (Lipinski definition) is 4. The fourth-order valence-corrected chi connectivity index (χ4v) is 3.17. The van der Waals surface area contributed by atoms with Gasteiger partial charge in [0.15, 0.2) is 0 Å². The maximum absolute atomic E-state index is 14.5. The number of ether oxygens (including phenoxy) is 1. The summed E-state index contributed by atoms with van der Waals surface area (Å²) in [5, 5.41) is 6.60. The van der Waals surface area contributed by atoms with Crippen molar-refractivity contribution in [1.82, 2.24) is 5.32 Å². The number of alkyl halides is 2. The van der Waals surface area contributed by atoms with E-state index >= 15 is 0 Å². The van der Waals surface area contributed by atoms with Crippen molar-refractivity contribution >= 4 is 11.6 Å². The monoisotopic (exact) mass is 432 g/mol. The number of oxime groups is 1. The Morgan fingerprint density at radius 3 is 2.39 bits per heavy atom. The Balaban J connectivity index is 1.58. The molecule has 2 aromatic rings. The van der Waals surface area contributed by atoms with Crippen LogP contribution in [0.2, 0.25) is 0 Å². The number of methoxy groups -OCH3 is 1. The molecule has 31 heavy (non-hydrogen) atoms. The van der Waals surface area contributed by atoms with Crippen molar-refractivity contribution in [2.45, 2.75) is 38.0 Å². The molecule has 0 saturated carbocycles. The van der Waals surface area contributed by atoms with Gasteiger partial charge in [-0.2, -0.15) is 8.78 Å². The van der Waals surface area contributed by atoms with Crippen LogP contribution >= 0.6 is 0 Å². The summed E-state index contributed by atoms with van der Waals surface area (Å²) in [5.41, 5.74) is 2.09. The third kappa shape index (κ3) is 4.80. The Bertz CT molecular complexity index is 988. The van der Waals surface area contributed by atoms with Crippen molar-refractivity contribution in [2.24, 2.45) is 5.16 Å². The highest BCUT2D eigenvalue weighted by atomic mass is 19.3. The van der Waals surface area contributed by atoms with E-state index in [4.69, 9.17) is 9.57 Å². The molecule has 0 saturated heterocycles. The van der Waals surface area contributed by atoms with Gasteiger partial charge in [-0.15, -0.1) is 0 Å². The molecule has 0 aliphatic carbocycles. The molecule has 0 spiro atoms. The zero-order chi connectivity index (χ0) is 22.6. The van der Waals surface area contributed by atoms with Gasteiger partial charge in [-0.3, -0.25) is 4.79 Å². The first-order chi connectivity index (χ1) is 14.7. The zero-order valence-electron chi connectivity index (χ0n) is 17.3. The predicted molar refractivity (Wildman–Crippen MR) is 110 cm³/mol. The second-order valence-electron chi connectivity index (χ2n) is 7.39. The van der Waals surface area contributed by atoms with Gasteiger partial charge in [-0.1, -0.05) is 48.1 Å². The number of rotatable bonds is 8. The second kappa shape index (κ2) is 8.93. The molecule has 3 rings (SSSR count). The number of amides is 1. The van der Waals surface area contributed by atoms with Crippen LogP contribution in [0.3, 0.4) is 0 Å². The van der Waals surface area contributed by atoms with Gasteiger partial charge in [0.05, 0.1) is 18.6 Å². The lowest BCUT2D eigenvalue weighted by molar-refractivity contribution is -0.303. The molecule has 1 aliphatic rings. The summed E-state index contributed by atoms with van der Waals surface area (Å²) in [6.45, 7) is 4.83. The maximum atomic E-state index is 14.5. The average molecular weight is 432 g/mol. The molecule has 1 amide bonds. The fraction of sp³-hybridized carbons (Fsp3) is 0.304. The van der Waals surface area contributed by atoms with Crippen molar-refractivity contribution in [3.05, 3.63) is 83.2 Å². The zero-order valence-corrected chi connectivity index (χ0v) is 17.3. The van der Waals surface area contributed by atoms with Crippen LogP contribution in [-0.2, 0) is 27.3 Å². The van der Waals surface area contributed by atoms with Gasteiger partial charge >= 0.3 is 11.7 Å². The number of nitrogens with zero attached hydrogens (tertiary/aromatic N) is 1. The molecule has 1 atom stereocenters. The number of nitrogens with one attached hydrogen (secondary N) is 1. The van der Waals surface area contributed by atoms with Crippen LogP contribution < -0.4 is 5.32 Å². The SMILES string of the molecule is C=C(C)C(F)(F)C1(OC)CC(c2ccc(CNC(=O)Cc3ccc(F)cc3)cc2)=NO1. The van der Waals surface area contributed by atoms with Crippen molar-refractivity contribution in [3.63, 3.8) is 0 Å². The van der Waals surface area contributed by atoms with Crippen molar-refractivity contribution in [2.75, 3.05) is 7.11 Å². The number of carbonyl (C=O) groups excluding carboxylic acids is 1. The van der Waals surface area contributed by atoms with Crippen molar-refractivity contribution in [3.8, 4) is 0 Å². The highest BCUT2D eigenvalue weighted by Gasteiger charge is 2.61. The molecule has 1 N–H and O–H groups in total. The van der Waals surface area contributed by atoms with Crippen LogP contribution in [0.1, 0.15) is 30.0 Å². The van der Waals surface area contributed by atoms with E-state index in [1.807, 2.05) is 0 Å². The Morgan fingerprint density at radius 2 is 1.81 bits per heavy atom. The minimum atomic E-state index is -3.41. The lowest BCUT2D eigenvalue weighted by atomic mass is 9.94. The largest absolute Gasteiger partial charge is 0.352 e. The van der Waals surface area contributed by atoms with E-state index in [0.717, 1.165) is 12.7 Å². The molecular weight excluding hydrogens is 409 g/mol. The number of halogens is 3. The first-order valence-corrected chi connectivity index (χ1v) is 9.61. The van der Waals surface area contributed by atoms with E-state index in [1.165, 1.54) is 19.1 Å². The van der Waals surface area contributed by atoms with Crippen LogP contribution in [0.25, 0.3) is 0 Å². The summed E-state index contributed by atoms with van der Waals surface area (Å²) in [5.74, 6) is -6.19. The van der Waals surface area contributed by atoms with Gasteiger partial charge in [-0.05, 0) is 41.3 Å². The quantitative estimate of drug-likeness (QED) is 0.631. The van der Waals surface area contributed by atoms with Gasteiger partial charge in [0.1, 0.15) is 5.82 Å². The summed E-state index contributed by atoms with van der Waals surface area (Å²) in [6, 6.07) is 12.7. The van der Waals surface area contributed by atoms with Gasteiger partial charge < -0.3 is 14.9 Å². The molecule has 8 heteroatoms. The van der Waals surface area contributed by atoms with E-state index in [2.05, 4.69) is 17.1 Å². The third-order valence-electron chi connectivity index (χ3n) is 5.10. The van der Waals surface area contributed by atoms with E-state index < -0.39 is 11.7 Å². The first kappa shape index (κ1) is 22.6. The molecule has 164 valence electrons. The highest BCUT2D eigenvalue weighted by molar-refractivity contribution is 6.01. The molecule has 0 fully saturated rings. The van der Waals surface area contributed by atoms with Crippen LogP contribution in [0, 0.1) is 5.82 Å². The second-order valence-corrected chi connectivity index (χ2v) is 7.39. The van der Waals surface area contributed by atoms with Gasteiger partial charge in [-0.25, -0.2) is 4.39 Å². The summed E-state index contributed by atoms with van der Waals surface area (Å²) in [4.78, 5) is 17.1. The molecular formula is C23H23F3N2O3. The van der Waals surface area contributed by atoms with Crippen LogP contribution in [0.4, 0.5) is 13.2 Å². The van der Waals surface area contributed by atoms with Crippen molar-refractivity contribution in [1.29, 1.82) is 0 Å². The Labute approximate surface area is 178 Å². The molecule has 5 nitrogen and oxygen atoms in total. The predicted octanol–water partition coefficient (Wildman–Crippen LogP) is 4.36. The summed E-state index contributed by atoms with van der Waals surface area (Å²) in [7, 11) is 1.15. The van der Waals surface area contributed by atoms with Crippen molar-refractivity contribution < 1.29 is 27.5 Å². The van der Waals surface area contributed by atoms with E-state index in [-0.39, 0.29) is 30.1 Å². The van der Waals surface area contributed by atoms with E-state index in [9.17, 15) is 18.0 Å². The van der Waals surface area contributed by atoms with Crippen LogP contribution in [0.15, 0.2) is 65.8 Å². The molecule has 1 heterocycles. The fourth-order valence-electron chi connectivity index (χ4n) is 3.17. The molecule has 1 aliphatic heterocycles. The average Bonchev–Trinajstić information content (AvgIpc) is 3.21. The minimum Gasteiger partial charge on any atom is -0.352 e. The normalized spacial score (nSPS) is 18.3. The number of benzene rings is 2. The highest BCUT2D eigenvalue weighted by Crippen LogP contribution is 2.44. The molecule has 0 bridgehead atoms. The molecule has 2 aromatic carbocycles. The summed E-state index contributed by atoms with van der Waals surface area (Å²) in [6.07, 6.45) is -0.0976. The lowest BCUT2D eigenvalue weighted by Crippen LogP contribution is -2.50. The minimum absolute atomic E-state index is 0.141. The van der Waals surface area contributed by atoms with E-state index in [1.54, 1.807) is 36.4 Å². The van der Waals surface area contributed by atoms with Crippen LogP contribution in [-0.4, -0.2) is 30.4 Å². The summed E-state index contributed by atoms with van der Waals surface area (Å²) < 4.78 is 47.0. The topological polar surface area (TPSA) is 59.9 Å².